The van der Waals surface area contributed by atoms with Crippen molar-refractivity contribution in [3.05, 3.63) is 29.3 Å². The van der Waals surface area contributed by atoms with Crippen LogP contribution in [0.5, 0.6) is 0 Å². The normalized spacial score (nSPS) is 11.4. The molecule has 0 aliphatic carbocycles. The van der Waals surface area contributed by atoms with E-state index in [9.17, 15) is 18.0 Å². The first-order chi connectivity index (χ1) is 6.32. The van der Waals surface area contributed by atoms with E-state index in [-0.39, 0.29) is 5.69 Å². The van der Waals surface area contributed by atoms with E-state index in [1.165, 1.54) is 6.07 Å². The van der Waals surface area contributed by atoms with Crippen molar-refractivity contribution < 1.29 is 18.0 Å². The summed E-state index contributed by atoms with van der Waals surface area (Å²) in [6, 6.07) is 2.81. The Morgan fingerprint density at radius 2 is 1.93 bits per heavy atom. The van der Waals surface area contributed by atoms with Crippen molar-refractivity contribution in [2.24, 2.45) is 0 Å². The Hall–Kier alpha value is -1.23. The van der Waals surface area contributed by atoms with Gasteiger partial charge in [-0.1, -0.05) is 0 Å². The molecule has 0 bridgehead atoms. The maximum Gasteiger partial charge on any atom is 0.417 e. The number of benzene rings is 1. The number of carbonyl (C=O) groups excluding carboxylic acids is 1. The van der Waals surface area contributed by atoms with E-state index >= 15 is 0 Å². The standard InChI is InChI=1S/C8H5ClF3NO/c9-7(14)5-2-1-4(13)3-6(5)8(10,11)12/h1-3H,13H2. The summed E-state index contributed by atoms with van der Waals surface area (Å²) in [6.45, 7) is 0. The van der Waals surface area contributed by atoms with E-state index in [1.807, 2.05) is 0 Å². The fourth-order valence-electron chi connectivity index (χ4n) is 0.968. The van der Waals surface area contributed by atoms with Crippen LogP contribution in [0.4, 0.5) is 18.9 Å². The van der Waals surface area contributed by atoms with Crippen LogP contribution in [0.3, 0.4) is 0 Å². The Kier molecular flexibility index (Phi) is 2.71. The Balaban J connectivity index is 3.38. The number of hydrogen-bond acceptors (Lipinski definition) is 2. The highest BCUT2D eigenvalue weighted by Crippen LogP contribution is 2.33. The number of nitrogen functional groups attached to an aromatic ring is 1. The fourth-order valence-corrected chi connectivity index (χ4v) is 1.13. The van der Waals surface area contributed by atoms with Crippen LogP contribution in [-0.4, -0.2) is 5.24 Å². The monoisotopic (exact) mass is 223 g/mol. The number of nitrogens with two attached hydrogens (primary N) is 1. The summed E-state index contributed by atoms with van der Waals surface area (Å²) in [7, 11) is 0. The second kappa shape index (κ2) is 3.49. The van der Waals surface area contributed by atoms with Gasteiger partial charge >= 0.3 is 6.18 Å². The lowest BCUT2D eigenvalue weighted by Crippen LogP contribution is -2.11. The summed E-state index contributed by atoms with van der Waals surface area (Å²) in [5.74, 6) is 0. The van der Waals surface area contributed by atoms with Gasteiger partial charge in [0.2, 0.25) is 0 Å². The zero-order valence-corrected chi connectivity index (χ0v) is 7.49. The average molecular weight is 224 g/mol. The van der Waals surface area contributed by atoms with E-state index < -0.39 is 22.5 Å². The van der Waals surface area contributed by atoms with Gasteiger partial charge in [-0.25, -0.2) is 0 Å². The summed E-state index contributed by atoms with van der Waals surface area (Å²) >= 11 is 4.99. The summed E-state index contributed by atoms with van der Waals surface area (Å²) in [5, 5.41) is -1.16. The summed E-state index contributed by atoms with van der Waals surface area (Å²) < 4.78 is 37.0. The van der Waals surface area contributed by atoms with Crippen LogP contribution in [0.15, 0.2) is 18.2 Å². The smallest absolute Gasteiger partial charge is 0.399 e. The van der Waals surface area contributed by atoms with Gasteiger partial charge in [0.15, 0.2) is 0 Å². The molecule has 0 saturated heterocycles. The highest BCUT2D eigenvalue weighted by atomic mass is 35.5. The Bertz CT molecular complexity index is 375. The number of rotatable bonds is 1. The van der Waals surface area contributed by atoms with E-state index in [0.29, 0.717) is 6.07 Å². The second-order valence-corrected chi connectivity index (χ2v) is 2.92. The van der Waals surface area contributed by atoms with Crippen molar-refractivity contribution >= 4 is 22.5 Å². The molecule has 0 aromatic heterocycles. The van der Waals surface area contributed by atoms with Crippen LogP contribution in [0, 0.1) is 0 Å². The molecule has 1 aromatic carbocycles. The molecule has 0 amide bonds. The lowest BCUT2D eigenvalue weighted by molar-refractivity contribution is -0.137. The topological polar surface area (TPSA) is 43.1 Å². The quantitative estimate of drug-likeness (QED) is 0.588. The molecule has 1 rings (SSSR count). The van der Waals surface area contributed by atoms with Gasteiger partial charge in [-0.3, -0.25) is 4.79 Å². The predicted octanol–water partition coefficient (Wildman–Crippen LogP) is 2.67. The third kappa shape index (κ3) is 2.17. The average Bonchev–Trinajstić information content (AvgIpc) is 2.01. The molecule has 0 aliphatic rings. The molecule has 1 aromatic rings. The molecule has 0 aliphatic heterocycles. The lowest BCUT2D eigenvalue weighted by Gasteiger charge is -2.10. The maximum atomic E-state index is 12.3. The van der Waals surface area contributed by atoms with Crippen LogP contribution >= 0.6 is 11.6 Å². The van der Waals surface area contributed by atoms with Gasteiger partial charge in [-0.2, -0.15) is 13.2 Å². The highest BCUT2D eigenvalue weighted by Gasteiger charge is 2.34. The molecule has 0 radical (unpaired) electrons. The Morgan fingerprint density at radius 1 is 1.36 bits per heavy atom. The third-order valence-corrected chi connectivity index (χ3v) is 1.76. The molecule has 0 saturated carbocycles. The molecule has 2 N–H and O–H groups in total. The molecule has 6 heteroatoms. The molecule has 0 spiro atoms. The van der Waals surface area contributed by atoms with E-state index in [2.05, 4.69) is 0 Å². The van der Waals surface area contributed by atoms with Gasteiger partial charge in [-0.15, -0.1) is 0 Å². The minimum Gasteiger partial charge on any atom is -0.399 e. The molecule has 0 unspecified atom stereocenters. The Morgan fingerprint density at radius 3 is 2.36 bits per heavy atom. The van der Waals surface area contributed by atoms with Crippen LogP contribution in [0.1, 0.15) is 15.9 Å². The number of hydrogen-bond donors (Lipinski definition) is 1. The maximum absolute atomic E-state index is 12.3. The molecule has 76 valence electrons. The van der Waals surface area contributed by atoms with Crippen molar-refractivity contribution in [3.63, 3.8) is 0 Å². The molecule has 2 nitrogen and oxygen atoms in total. The van der Waals surface area contributed by atoms with Gasteiger partial charge in [-0.05, 0) is 29.8 Å². The van der Waals surface area contributed by atoms with Gasteiger partial charge in [0.05, 0.1) is 5.56 Å². The first-order valence-electron chi connectivity index (χ1n) is 3.49. The molecular formula is C8H5ClF3NO. The van der Waals surface area contributed by atoms with Crippen LogP contribution in [0.25, 0.3) is 0 Å². The first-order valence-corrected chi connectivity index (χ1v) is 3.86. The van der Waals surface area contributed by atoms with Gasteiger partial charge in [0.1, 0.15) is 0 Å². The van der Waals surface area contributed by atoms with Crippen LogP contribution in [0.2, 0.25) is 0 Å². The number of halogens is 4. The van der Waals surface area contributed by atoms with Crippen LogP contribution < -0.4 is 5.73 Å². The highest BCUT2D eigenvalue weighted by molar-refractivity contribution is 6.67. The summed E-state index contributed by atoms with van der Waals surface area (Å²) in [6.07, 6.45) is -4.63. The van der Waals surface area contributed by atoms with Crippen molar-refractivity contribution in [2.45, 2.75) is 6.18 Å². The molecular weight excluding hydrogens is 219 g/mol. The summed E-state index contributed by atoms with van der Waals surface area (Å²) in [5.41, 5.74) is 3.40. The lowest BCUT2D eigenvalue weighted by atomic mass is 10.1. The largest absolute Gasteiger partial charge is 0.417 e. The Labute approximate surface area is 82.5 Å². The minimum absolute atomic E-state index is 0.0704. The van der Waals surface area contributed by atoms with E-state index in [0.717, 1.165) is 6.07 Å². The summed E-state index contributed by atoms with van der Waals surface area (Å²) in [4.78, 5) is 10.6. The molecule has 0 fully saturated rings. The predicted molar refractivity (Wildman–Crippen MR) is 46.0 cm³/mol. The fraction of sp³-hybridized carbons (Fsp3) is 0.125. The molecule has 0 atom stereocenters. The zero-order chi connectivity index (χ0) is 10.9. The van der Waals surface area contributed by atoms with Gasteiger partial charge < -0.3 is 5.73 Å². The van der Waals surface area contributed by atoms with E-state index in [1.54, 1.807) is 0 Å². The van der Waals surface area contributed by atoms with Crippen LogP contribution in [-0.2, 0) is 6.18 Å². The number of carbonyl (C=O) groups is 1. The zero-order valence-electron chi connectivity index (χ0n) is 6.73. The van der Waals surface area contributed by atoms with E-state index in [4.69, 9.17) is 17.3 Å². The minimum atomic E-state index is -4.63. The second-order valence-electron chi connectivity index (χ2n) is 2.58. The van der Waals surface area contributed by atoms with Crippen molar-refractivity contribution in [1.82, 2.24) is 0 Å². The number of alkyl halides is 3. The molecule has 14 heavy (non-hydrogen) atoms. The van der Waals surface area contributed by atoms with Crippen molar-refractivity contribution in [1.29, 1.82) is 0 Å². The third-order valence-electron chi connectivity index (χ3n) is 1.56. The van der Waals surface area contributed by atoms with Gasteiger partial charge in [0.25, 0.3) is 5.24 Å². The first kappa shape index (κ1) is 10.8. The number of anilines is 1. The molecule has 0 heterocycles. The van der Waals surface area contributed by atoms with Crippen molar-refractivity contribution in [3.8, 4) is 0 Å². The van der Waals surface area contributed by atoms with Gasteiger partial charge in [0, 0.05) is 11.3 Å². The van der Waals surface area contributed by atoms with Crippen molar-refractivity contribution in [2.75, 3.05) is 5.73 Å². The SMILES string of the molecule is Nc1ccc(C(=O)Cl)c(C(F)(F)F)c1.